The fraction of sp³-hybridized carbons (Fsp3) is 0.667. The van der Waals surface area contributed by atoms with E-state index in [0.717, 1.165) is 12.4 Å². The molecule has 5 heteroatoms. The Hall–Kier alpha value is -0.970. The van der Waals surface area contributed by atoms with Gasteiger partial charge in [-0.25, -0.2) is 0 Å². The first kappa shape index (κ1) is 12.5. The van der Waals surface area contributed by atoms with Crippen LogP contribution in [0.25, 0.3) is 0 Å². The summed E-state index contributed by atoms with van der Waals surface area (Å²) in [6.45, 7) is 0.965. The highest BCUT2D eigenvalue weighted by Crippen LogP contribution is 2.38. The summed E-state index contributed by atoms with van der Waals surface area (Å²) in [5.41, 5.74) is 5.51. The topological polar surface area (TPSA) is 63.8 Å². The SMILES string of the molecule is CSC1(CNc2ccc(N)nn2)CCCCC1. The molecule has 2 rings (SSSR count). The van der Waals surface area contributed by atoms with Crippen molar-refractivity contribution in [2.24, 2.45) is 0 Å². The lowest BCUT2D eigenvalue weighted by Crippen LogP contribution is -2.35. The summed E-state index contributed by atoms with van der Waals surface area (Å²) < 4.78 is 0.376. The Labute approximate surface area is 107 Å². The lowest BCUT2D eigenvalue weighted by molar-refractivity contribution is 0.411. The van der Waals surface area contributed by atoms with Crippen molar-refractivity contribution in [2.75, 3.05) is 23.9 Å². The van der Waals surface area contributed by atoms with Crippen LogP contribution in [-0.4, -0.2) is 27.7 Å². The van der Waals surface area contributed by atoms with E-state index in [1.807, 2.05) is 17.8 Å². The minimum Gasteiger partial charge on any atom is -0.382 e. The molecule has 94 valence electrons. The monoisotopic (exact) mass is 252 g/mol. The largest absolute Gasteiger partial charge is 0.382 e. The molecule has 0 unspecified atom stereocenters. The predicted molar refractivity (Wildman–Crippen MR) is 74.3 cm³/mol. The Balaban J connectivity index is 1.93. The van der Waals surface area contributed by atoms with E-state index in [1.54, 1.807) is 6.07 Å². The van der Waals surface area contributed by atoms with Gasteiger partial charge in [0.2, 0.25) is 0 Å². The summed E-state index contributed by atoms with van der Waals surface area (Å²) in [6.07, 6.45) is 8.87. The Morgan fingerprint density at radius 3 is 2.65 bits per heavy atom. The lowest BCUT2D eigenvalue weighted by Gasteiger charge is -2.35. The first-order chi connectivity index (χ1) is 8.24. The molecular weight excluding hydrogens is 232 g/mol. The summed E-state index contributed by atoms with van der Waals surface area (Å²) in [4.78, 5) is 0. The highest BCUT2D eigenvalue weighted by molar-refractivity contribution is 8.00. The van der Waals surface area contributed by atoms with Gasteiger partial charge in [0, 0.05) is 11.3 Å². The molecule has 0 bridgehead atoms. The van der Waals surface area contributed by atoms with Crippen molar-refractivity contribution in [1.29, 1.82) is 0 Å². The van der Waals surface area contributed by atoms with E-state index < -0.39 is 0 Å². The first-order valence-corrected chi connectivity index (χ1v) is 7.35. The highest BCUT2D eigenvalue weighted by atomic mass is 32.2. The molecule has 4 nitrogen and oxygen atoms in total. The first-order valence-electron chi connectivity index (χ1n) is 6.12. The maximum Gasteiger partial charge on any atom is 0.148 e. The zero-order valence-electron chi connectivity index (χ0n) is 10.3. The average Bonchev–Trinajstić information content (AvgIpc) is 2.39. The number of nitrogens with one attached hydrogen (secondary N) is 1. The zero-order chi connectivity index (χ0) is 12.1. The van der Waals surface area contributed by atoms with Gasteiger partial charge in [-0.1, -0.05) is 19.3 Å². The van der Waals surface area contributed by atoms with Gasteiger partial charge in [0.25, 0.3) is 0 Å². The number of rotatable bonds is 4. The fourth-order valence-electron chi connectivity index (χ4n) is 2.34. The van der Waals surface area contributed by atoms with Crippen molar-refractivity contribution in [3.05, 3.63) is 12.1 Å². The minimum atomic E-state index is 0.376. The number of aromatic nitrogens is 2. The van der Waals surface area contributed by atoms with Crippen molar-refractivity contribution >= 4 is 23.4 Å². The number of hydrogen-bond donors (Lipinski definition) is 2. The number of nitrogens with zero attached hydrogens (tertiary/aromatic N) is 2. The van der Waals surface area contributed by atoms with Crippen LogP contribution in [0, 0.1) is 0 Å². The van der Waals surface area contributed by atoms with Gasteiger partial charge >= 0.3 is 0 Å². The average molecular weight is 252 g/mol. The molecule has 1 aromatic rings. The molecule has 0 atom stereocenters. The normalized spacial score (nSPS) is 18.9. The Morgan fingerprint density at radius 2 is 2.06 bits per heavy atom. The third kappa shape index (κ3) is 3.25. The van der Waals surface area contributed by atoms with E-state index in [2.05, 4.69) is 21.8 Å². The zero-order valence-corrected chi connectivity index (χ0v) is 11.1. The number of hydrogen-bond acceptors (Lipinski definition) is 5. The third-order valence-electron chi connectivity index (χ3n) is 3.47. The lowest BCUT2D eigenvalue weighted by atomic mass is 9.88. The van der Waals surface area contributed by atoms with Crippen LogP contribution >= 0.6 is 11.8 Å². The summed E-state index contributed by atoms with van der Waals surface area (Å²) in [7, 11) is 0. The Bertz CT molecular complexity index is 346. The van der Waals surface area contributed by atoms with Crippen LogP contribution in [0.1, 0.15) is 32.1 Å². The molecule has 1 saturated carbocycles. The second-order valence-electron chi connectivity index (χ2n) is 4.64. The maximum atomic E-state index is 5.51. The molecule has 0 aromatic carbocycles. The van der Waals surface area contributed by atoms with Gasteiger partial charge < -0.3 is 11.1 Å². The minimum absolute atomic E-state index is 0.376. The van der Waals surface area contributed by atoms with Crippen LogP contribution in [0.3, 0.4) is 0 Å². The second-order valence-corrected chi connectivity index (χ2v) is 5.92. The van der Waals surface area contributed by atoms with Crippen molar-refractivity contribution in [3.63, 3.8) is 0 Å². The molecule has 1 aliphatic carbocycles. The van der Waals surface area contributed by atoms with Gasteiger partial charge in [-0.2, -0.15) is 11.8 Å². The molecule has 0 amide bonds. The molecule has 1 fully saturated rings. The molecule has 0 spiro atoms. The Morgan fingerprint density at radius 1 is 1.29 bits per heavy atom. The third-order valence-corrected chi connectivity index (χ3v) is 4.89. The van der Waals surface area contributed by atoms with Gasteiger partial charge in [0.05, 0.1) is 0 Å². The summed E-state index contributed by atoms with van der Waals surface area (Å²) >= 11 is 1.98. The number of anilines is 2. The van der Waals surface area contributed by atoms with Crippen LogP contribution < -0.4 is 11.1 Å². The van der Waals surface area contributed by atoms with Gasteiger partial charge in [-0.3, -0.25) is 0 Å². The molecule has 1 heterocycles. The van der Waals surface area contributed by atoms with E-state index >= 15 is 0 Å². The van der Waals surface area contributed by atoms with Gasteiger partial charge in [-0.15, -0.1) is 10.2 Å². The molecule has 0 radical (unpaired) electrons. The number of nitrogen functional groups attached to an aromatic ring is 1. The van der Waals surface area contributed by atoms with Gasteiger partial charge in [0.15, 0.2) is 0 Å². The van der Waals surface area contributed by atoms with Crippen LogP contribution in [0.5, 0.6) is 0 Å². The van der Waals surface area contributed by atoms with E-state index in [0.29, 0.717) is 10.6 Å². The second kappa shape index (κ2) is 5.58. The molecule has 3 N–H and O–H groups in total. The molecule has 17 heavy (non-hydrogen) atoms. The molecular formula is C12H20N4S. The number of nitrogens with two attached hydrogens (primary N) is 1. The van der Waals surface area contributed by atoms with E-state index in [9.17, 15) is 0 Å². The van der Waals surface area contributed by atoms with Gasteiger partial charge in [0.1, 0.15) is 11.6 Å². The van der Waals surface area contributed by atoms with Crippen LogP contribution in [0.4, 0.5) is 11.6 Å². The summed E-state index contributed by atoms with van der Waals surface area (Å²) in [5, 5.41) is 11.3. The van der Waals surface area contributed by atoms with E-state index in [-0.39, 0.29) is 0 Å². The van der Waals surface area contributed by atoms with Gasteiger partial charge in [-0.05, 0) is 31.2 Å². The predicted octanol–water partition coefficient (Wildman–Crippen LogP) is 2.54. The fourth-order valence-corrected chi connectivity index (χ4v) is 3.25. The van der Waals surface area contributed by atoms with Crippen molar-refractivity contribution in [1.82, 2.24) is 10.2 Å². The standard InChI is InChI=1S/C12H20N4S/c1-17-12(7-3-2-4-8-12)9-14-11-6-5-10(13)15-16-11/h5-6H,2-4,7-9H2,1H3,(H2,13,15)(H,14,16). The van der Waals surface area contributed by atoms with Crippen molar-refractivity contribution < 1.29 is 0 Å². The van der Waals surface area contributed by atoms with E-state index in [4.69, 9.17) is 5.73 Å². The summed E-state index contributed by atoms with van der Waals surface area (Å²) in [6, 6.07) is 3.67. The smallest absolute Gasteiger partial charge is 0.148 e. The van der Waals surface area contributed by atoms with Crippen LogP contribution in [0.2, 0.25) is 0 Å². The number of thioether (sulfide) groups is 1. The Kier molecular flexibility index (Phi) is 4.10. The molecule has 1 aliphatic rings. The van der Waals surface area contributed by atoms with Crippen molar-refractivity contribution in [3.8, 4) is 0 Å². The quantitative estimate of drug-likeness (QED) is 0.862. The van der Waals surface area contributed by atoms with Crippen molar-refractivity contribution in [2.45, 2.75) is 36.9 Å². The molecule has 1 aromatic heterocycles. The molecule has 0 saturated heterocycles. The summed E-state index contributed by atoms with van der Waals surface area (Å²) in [5.74, 6) is 1.28. The van der Waals surface area contributed by atoms with E-state index in [1.165, 1.54) is 32.1 Å². The maximum absolute atomic E-state index is 5.51. The molecule has 0 aliphatic heterocycles. The highest BCUT2D eigenvalue weighted by Gasteiger charge is 2.30. The van der Waals surface area contributed by atoms with Crippen LogP contribution in [0.15, 0.2) is 12.1 Å². The van der Waals surface area contributed by atoms with Crippen LogP contribution in [-0.2, 0) is 0 Å².